The first-order valence-corrected chi connectivity index (χ1v) is 11.4. The van der Waals surface area contributed by atoms with Gasteiger partial charge >= 0.3 is 0 Å². The average molecular weight is 407 g/mol. The van der Waals surface area contributed by atoms with E-state index >= 15 is 0 Å². The van der Waals surface area contributed by atoms with Crippen molar-refractivity contribution in [1.29, 1.82) is 0 Å². The number of hydrogen-bond donors (Lipinski definition) is 2. The van der Waals surface area contributed by atoms with Crippen LogP contribution in [0.2, 0.25) is 0 Å². The lowest BCUT2D eigenvalue weighted by atomic mass is 9.67. The summed E-state index contributed by atoms with van der Waals surface area (Å²) in [6.45, 7) is 6.72. The van der Waals surface area contributed by atoms with Gasteiger partial charge < -0.3 is 20.3 Å². The second kappa shape index (κ2) is 10.3. The maximum absolute atomic E-state index is 12.6. The summed E-state index contributed by atoms with van der Waals surface area (Å²) in [6.07, 6.45) is 6.32. The number of rotatable bonds is 9. The molecule has 0 radical (unpaired) electrons. The van der Waals surface area contributed by atoms with Gasteiger partial charge in [-0.3, -0.25) is 9.79 Å². The largest absolute Gasteiger partial charge is 0.385 e. The monoisotopic (exact) mass is 406 g/mol. The van der Waals surface area contributed by atoms with Crippen LogP contribution in [0.3, 0.4) is 0 Å². The molecule has 1 aliphatic heterocycles. The number of methoxy groups -OCH3 is 1. The van der Waals surface area contributed by atoms with Gasteiger partial charge in [0.1, 0.15) is 0 Å². The Balaban J connectivity index is 1.45. The van der Waals surface area contributed by atoms with Crippen molar-refractivity contribution in [2.75, 3.05) is 39.9 Å². The first-order chi connectivity index (χ1) is 13.7. The van der Waals surface area contributed by atoms with Crippen LogP contribution in [-0.2, 0) is 22.5 Å². The van der Waals surface area contributed by atoms with Gasteiger partial charge in [-0.15, -0.1) is 11.3 Å². The van der Waals surface area contributed by atoms with Gasteiger partial charge in [0.05, 0.1) is 0 Å². The minimum absolute atomic E-state index is 0.218. The molecule has 2 N–H and O–H groups in total. The number of fused-ring (bicyclic) bond motifs is 1. The van der Waals surface area contributed by atoms with Gasteiger partial charge in [0.15, 0.2) is 5.96 Å². The van der Waals surface area contributed by atoms with Crippen LogP contribution in [0, 0.1) is 5.41 Å². The number of carbonyl (C=O) groups excluding carboxylic acids is 1. The Morgan fingerprint density at radius 3 is 2.96 bits per heavy atom. The van der Waals surface area contributed by atoms with Crippen LogP contribution in [0.5, 0.6) is 0 Å². The summed E-state index contributed by atoms with van der Waals surface area (Å²) in [4.78, 5) is 20.8. The number of carbonyl (C=O) groups is 1. The molecular weight excluding hydrogens is 372 g/mol. The van der Waals surface area contributed by atoms with Crippen molar-refractivity contribution >= 4 is 23.2 Å². The molecule has 2 aliphatic rings. The van der Waals surface area contributed by atoms with Crippen LogP contribution >= 0.6 is 11.3 Å². The van der Waals surface area contributed by atoms with Crippen molar-refractivity contribution in [2.45, 2.75) is 52.0 Å². The zero-order valence-electron chi connectivity index (χ0n) is 17.3. The van der Waals surface area contributed by atoms with Gasteiger partial charge in [-0.25, -0.2) is 0 Å². The number of hydrogen-bond acceptors (Lipinski definition) is 4. The third kappa shape index (κ3) is 5.47. The summed E-state index contributed by atoms with van der Waals surface area (Å²) in [5, 5.41) is 8.78. The van der Waals surface area contributed by atoms with Crippen LogP contribution < -0.4 is 10.6 Å². The first-order valence-electron chi connectivity index (χ1n) is 10.5. The molecule has 0 bridgehead atoms. The molecule has 0 aromatic carbocycles. The Morgan fingerprint density at radius 1 is 1.39 bits per heavy atom. The predicted molar refractivity (Wildman–Crippen MR) is 115 cm³/mol. The van der Waals surface area contributed by atoms with E-state index in [1.807, 2.05) is 4.90 Å². The Morgan fingerprint density at radius 2 is 2.25 bits per heavy atom. The van der Waals surface area contributed by atoms with Crippen molar-refractivity contribution in [2.24, 2.45) is 10.4 Å². The topological polar surface area (TPSA) is 66.0 Å². The fraction of sp³-hybridized carbons (Fsp3) is 0.714. The maximum Gasteiger partial charge on any atom is 0.224 e. The van der Waals surface area contributed by atoms with Gasteiger partial charge in [-0.05, 0) is 55.0 Å². The van der Waals surface area contributed by atoms with Crippen LogP contribution in [0.15, 0.2) is 16.4 Å². The van der Waals surface area contributed by atoms with Crippen LogP contribution in [-0.4, -0.2) is 56.7 Å². The van der Waals surface area contributed by atoms with Crippen molar-refractivity contribution in [3.05, 3.63) is 21.9 Å². The summed E-state index contributed by atoms with van der Waals surface area (Å²) in [5.41, 5.74) is 1.62. The number of thiophene rings is 1. The third-order valence-corrected chi connectivity index (χ3v) is 6.98. The Kier molecular flexibility index (Phi) is 7.73. The van der Waals surface area contributed by atoms with E-state index in [4.69, 9.17) is 9.73 Å². The molecule has 0 saturated heterocycles. The molecule has 0 atom stereocenters. The molecule has 156 valence electrons. The number of guanidine groups is 1. The number of ether oxygens (including phenoxy) is 1. The van der Waals surface area contributed by atoms with Gasteiger partial charge in [-0.1, -0.05) is 6.42 Å². The van der Waals surface area contributed by atoms with Crippen LogP contribution in [0.25, 0.3) is 0 Å². The quantitative estimate of drug-likeness (QED) is 0.489. The van der Waals surface area contributed by atoms with E-state index in [0.717, 1.165) is 51.6 Å². The summed E-state index contributed by atoms with van der Waals surface area (Å²) in [7, 11) is 1.76. The second-order valence-electron chi connectivity index (χ2n) is 7.90. The normalized spacial score (nSPS) is 18.4. The second-order valence-corrected chi connectivity index (χ2v) is 8.90. The van der Waals surface area contributed by atoms with Crippen molar-refractivity contribution in [1.82, 2.24) is 15.5 Å². The zero-order chi connectivity index (χ0) is 19.8. The predicted octanol–water partition coefficient (Wildman–Crippen LogP) is 2.78. The molecule has 7 heteroatoms. The SMILES string of the molecule is CCNC(=NCC1(CCOC)CCC1)NCCC(=O)N1CCc2sccc2C1. The van der Waals surface area contributed by atoms with Crippen molar-refractivity contribution in [3.63, 3.8) is 0 Å². The van der Waals surface area contributed by atoms with Gasteiger partial charge in [0.25, 0.3) is 0 Å². The molecule has 1 aromatic rings. The fourth-order valence-electron chi connectivity index (χ4n) is 3.98. The van der Waals surface area contributed by atoms with E-state index in [0.29, 0.717) is 18.4 Å². The number of nitrogens with one attached hydrogen (secondary N) is 2. The van der Waals surface area contributed by atoms with Crippen LogP contribution in [0.4, 0.5) is 0 Å². The zero-order valence-corrected chi connectivity index (χ0v) is 18.1. The van der Waals surface area contributed by atoms with E-state index < -0.39 is 0 Å². The van der Waals surface area contributed by atoms with Crippen molar-refractivity contribution < 1.29 is 9.53 Å². The minimum atomic E-state index is 0.218. The van der Waals surface area contributed by atoms with Crippen LogP contribution in [0.1, 0.15) is 49.5 Å². The van der Waals surface area contributed by atoms with Gasteiger partial charge in [-0.2, -0.15) is 0 Å². The minimum Gasteiger partial charge on any atom is -0.385 e. The molecule has 1 aliphatic carbocycles. The molecule has 3 rings (SSSR count). The molecule has 1 saturated carbocycles. The van der Waals surface area contributed by atoms with E-state index in [1.54, 1.807) is 18.4 Å². The molecule has 0 spiro atoms. The molecule has 1 amide bonds. The molecule has 28 heavy (non-hydrogen) atoms. The van der Waals surface area contributed by atoms with E-state index in [2.05, 4.69) is 29.0 Å². The maximum atomic E-state index is 12.6. The lowest BCUT2D eigenvalue weighted by Crippen LogP contribution is -2.42. The fourth-order valence-corrected chi connectivity index (χ4v) is 4.87. The Bertz CT molecular complexity index is 669. The molecule has 1 aromatic heterocycles. The number of aliphatic imine (C=N–C) groups is 1. The molecule has 1 fully saturated rings. The highest BCUT2D eigenvalue weighted by Gasteiger charge is 2.36. The Hall–Kier alpha value is -1.60. The lowest BCUT2D eigenvalue weighted by Gasteiger charge is -2.40. The van der Waals surface area contributed by atoms with Crippen molar-refractivity contribution in [3.8, 4) is 0 Å². The summed E-state index contributed by atoms with van der Waals surface area (Å²) < 4.78 is 5.27. The molecule has 2 heterocycles. The highest BCUT2D eigenvalue weighted by molar-refractivity contribution is 7.10. The lowest BCUT2D eigenvalue weighted by molar-refractivity contribution is -0.131. The molecule has 6 nitrogen and oxygen atoms in total. The highest BCUT2D eigenvalue weighted by Crippen LogP contribution is 2.44. The highest BCUT2D eigenvalue weighted by atomic mass is 32.1. The smallest absolute Gasteiger partial charge is 0.224 e. The average Bonchev–Trinajstić information content (AvgIpc) is 3.14. The summed E-state index contributed by atoms with van der Waals surface area (Å²) >= 11 is 1.80. The van der Waals surface area contributed by atoms with E-state index in [1.165, 1.54) is 29.7 Å². The number of nitrogens with zero attached hydrogens (tertiary/aromatic N) is 2. The first kappa shape index (κ1) is 21.1. The Labute approximate surface area is 172 Å². The van der Waals surface area contributed by atoms with E-state index in [9.17, 15) is 4.79 Å². The standard InChI is InChI=1S/C21H34N4O2S/c1-3-22-20(24-16-21(8-4-9-21)10-13-27-2)23-11-5-19(26)25-12-6-18-17(15-25)7-14-28-18/h7,14H,3-6,8-13,15-16H2,1-2H3,(H2,22,23,24). The summed E-state index contributed by atoms with van der Waals surface area (Å²) in [6, 6.07) is 2.15. The van der Waals surface area contributed by atoms with Gasteiger partial charge in [0, 0.05) is 57.7 Å². The third-order valence-electron chi connectivity index (χ3n) is 5.96. The molecular formula is C21H34N4O2S. The number of amides is 1. The van der Waals surface area contributed by atoms with E-state index in [-0.39, 0.29) is 5.91 Å². The summed E-state index contributed by atoms with van der Waals surface area (Å²) in [5.74, 6) is 1.04. The molecule has 0 unspecified atom stereocenters. The van der Waals surface area contributed by atoms with Gasteiger partial charge in [0.2, 0.25) is 5.91 Å².